The molecule has 21 heavy (non-hydrogen) atoms. The molecule has 2 aliphatic rings. The van der Waals surface area contributed by atoms with Crippen LogP contribution in [-0.2, 0) is 9.53 Å². The summed E-state index contributed by atoms with van der Waals surface area (Å²) in [4.78, 5) is 23.4. The highest BCUT2D eigenvalue weighted by Gasteiger charge is 2.41. The number of rotatable bonds is 4. The van der Waals surface area contributed by atoms with Crippen LogP contribution in [0.5, 0.6) is 0 Å². The number of carbonyl (C=O) groups excluding carboxylic acids is 1. The fraction of sp³-hybridized carbons (Fsp3) is 0.467. The molecule has 1 aromatic carbocycles. The first-order valence-corrected chi connectivity index (χ1v) is 7.13. The molecular weight excluding hydrogens is 272 g/mol. The molecule has 2 saturated heterocycles. The molecule has 2 heterocycles. The van der Waals surface area contributed by atoms with Gasteiger partial charge in [-0.25, -0.2) is 9.59 Å². The number of carboxylic acid groups (broad SMARTS) is 1. The standard InChI is InChI=1S/C15H18N2O4/c18-14(19)13(9-4-2-1-3-5-9)17-15(20)16-11-8-10-6-7-12(11)21-10/h1-5,10-13H,6-8H2,(H,18,19)(H2,16,17,20). The van der Waals surface area contributed by atoms with Gasteiger partial charge in [0.25, 0.3) is 0 Å². The number of urea groups is 1. The quantitative estimate of drug-likeness (QED) is 0.783. The van der Waals surface area contributed by atoms with Crippen molar-refractivity contribution in [1.82, 2.24) is 10.6 Å². The molecule has 0 spiro atoms. The minimum atomic E-state index is -1.08. The van der Waals surface area contributed by atoms with Gasteiger partial charge in [-0.3, -0.25) is 0 Å². The van der Waals surface area contributed by atoms with Crippen LogP contribution in [0.1, 0.15) is 30.9 Å². The summed E-state index contributed by atoms with van der Waals surface area (Å²) >= 11 is 0. The minimum absolute atomic E-state index is 0.0195. The fourth-order valence-electron chi connectivity index (χ4n) is 3.06. The molecular formula is C15H18N2O4. The highest BCUT2D eigenvalue weighted by Crippen LogP contribution is 2.34. The molecule has 3 rings (SSSR count). The van der Waals surface area contributed by atoms with Crippen molar-refractivity contribution >= 4 is 12.0 Å². The number of nitrogens with one attached hydrogen (secondary N) is 2. The Morgan fingerprint density at radius 3 is 2.57 bits per heavy atom. The third-order valence-electron chi connectivity index (χ3n) is 4.08. The summed E-state index contributed by atoms with van der Waals surface area (Å²) in [6, 6.07) is 7.12. The molecule has 1 aromatic rings. The van der Waals surface area contributed by atoms with Gasteiger partial charge in [0.15, 0.2) is 6.04 Å². The Labute approximate surface area is 122 Å². The summed E-state index contributed by atoms with van der Waals surface area (Å²) in [7, 11) is 0. The molecule has 2 bridgehead atoms. The predicted molar refractivity (Wildman–Crippen MR) is 74.8 cm³/mol. The summed E-state index contributed by atoms with van der Waals surface area (Å²) in [6.07, 6.45) is 3.12. The average Bonchev–Trinajstić information content (AvgIpc) is 3.08. The first-order chi connectivity index (χ1) is 10.1. The molecule has 112 valence electrons. The maximum absolute atomic E-state index is 12.0. The second kappa shape index (κ2) is 5.73. The third-order valence-corrected chi connectivity index (χ3v) is 4.08. The minimum Gasteiger partial charge on any atom is -0.479 e. The molecule has 0 aliphatic carbocycles. The number of benzene rings is 1. The van der Waals surface area contributed by atoms with Crippen molar-refractivity contribution in [1.29, 1.82) is 0 Å². The van der Waals surface area contributed by atoms with Gasteiger partial charge in [0.1, 0.15) is 0 Å². The Kier molecular flexibility index (Phi) is 3.79. The maximum atomic E-state index is 12.0. The lowest BCUT2D eigenvalue weighted by Gasteiger charge is -2.22. The van der Waals surface area contributed by atoms with E-state index < -0.39 is 18.0 Å². The zero-order valence-electron chi connectivity index (χ0n) is 11.5. The van der Waals surface area contributed by atoms with Crippen LogP contribution in [0.4, 0.5) is 4.79 Å². The van der Waals surface area contributed by atoms with E-state index in [1.165, 1.54) is 0 Å². The van der Waals surface area contributed by atoms with Crippen molar-refractivity contribution < 1.29 is 19.4 Å². The second-order valence-electron chi connectivity index (χ2n) is 5.52. The van der Waals surface area contributed by atoms with E-state index in [-0.39, 0.29) is 18.2 Å². The smallest absolute Gasteiger partial charge is 0.330 e. The lowest BCUT2D eigenvalue weighted by molar-refractivity contribution is -0.139. The normalized spacial score (nSPS) is 28.1. The van der Waals surface area contributed by atoms with E-state index in [1.54, 1.807) is 30.3 Å². The van der Waals surface area contributed by atoms with E-state index in [0.717, 1.165) is 19.3 Å². The van der Waals surface area contributed by atoms with Crippen LogP contribution in [0.3, 0.4) is 0 Å². The monoisotopic (exact) mass is 290 g/mol. The van der Waals surface area contributed by atoms with Gasteiger partial charge >= 0.3 is 12.0 Å². The summed E-state index contributed by atoms with van der Waals surface area (Å²) < 4.78 is 5.66. The predicted octanol–water partition coefficient (Wildman–Crippen LogP) is 1.43. The van der Waals surface area contributed by atoms with E-state index in [9.17, 15) is 14.7 Å². The molecule has 2 fully saturated rings. The Balaban J connectivity index is 1.61. The second-order valence-corrected chi connectivity index (χ2v) is 5.52. The lowest BCUT2D eigenvalue weighted by atomic mass is 9.96. The van der Waals surface area contributed by atoms with Crippen molar-refractivity contribution in [3.05, 3.63) is 35.9 Å². The van der Waals surface area contributed by atoms with Crippen LogP contribution < -0.4 is 10.6 Å². The largest absolute Gasteiger partial charge is 0.479 e. The van der Waals surface area contributed by atoms with Gasteiger partial charge in [-0.1, -0.05) is 30.3 Å². The number of hydrogen-bond donors (Lipinski definition) is 3. The fourth-order valence-corrected chi connectivity index (χ4v) is 3.06. The molecule has 6 nitrogen and oxygen atoms in total. The van der Waals surface area contributed by atoms with Gasteiger partial charge in [0, 0.05) is 0 Å². The number of aliphatic carboxylic acids is 1. The molecule has 4 atom stereocenters. The number of hydrogen-bond acceptors (Lipinski definition) is 3. The van der Waals surface area contributed by atoms with E-state index >= 15 is 0 Å². The summed E-state index contributed by atoms with van der Waals surface area (Å²) in [5.41, 5.74) is 0.546. The molecule has 0 saturated carbocycles. The molecule has 6 heteroatoms. The number of ether oxygens (including phenoxy) is 1. The summed E-state index contributed by atoms with van der Waals surface area (Å²) in [5, 5.41) is 14.6. The highest BCUT2D eigenvalue weighted by atomic mass is 16.5. The number of amides is 2. The number of carbonyl (C=O) groups is 2. The summed E-state index contributed by atoms with van der Waals surface area (Å²) in [5.74, 6) is -1.08. The van der Waals surface area contributed by atoms with Gasteiger partial charge in [-0.2, -0.15) is 0 Å². The van der Waals surface area contributed by atoms with Gasteiger partial charge in [0.2, 0.25) is 0 Å². The van der Waals surface area contributed by atoms with Crippen molar-refractivity contribution in [2.24, 2.45) is 0 Å². The van der Waals surface area contributed by atoms with Crippen molar-refractivity contribution in [3.8, 4) is 0 Å². The number of fused-ring (bicyclic) bond motifs is 2. The van der Waals surface area contributed by atoms with Crippen LogP contribution in [0.2, 0.25) is 0 Å². The average molecular weight is 290 g/mol. The van der Waals surface area contributed by atoms with Crippen LogP contribution in [0.25, 0.3) is 0 Å². The first kappa shape index (κ1) is 13.9. The zero-order valence-corrected chi connectivity index (χ0v) is 11.5. The van der Waals surface area contributed by atoms with Crippen molar-refractivity contribution in [2.45, 2.75) is 43.6 Å². The molecule has 2 aliphatic heterocycles. The van der Waals surface area contributed by atoms with E-state index in [2.05, 4.69) is 10.6 Å². The van der Waals surface area contributed by atoms with Gasteiger partial charge in [0.05, 0.1) is 18.2 Å². The van der Waals surface area contributed by atoms with Crippen LogP contribution in [0, 0.1) is 0 Å². The molecule has 0 aromatic heterocycles. The van der Waals surface area contributed by atoms with Gasteiger partial charge in [-0.05, 0) is 24.8 Å². The lowest BCUT2D eigenvalue weighted by Crippen LogP contribution is -2.48. The van der Waals surface area contributed by atoms with Crippen LogP contribution >= 0.6 is 0 Å². The first-order valence-electron chi connectivity index (χ1n) is 7.13. The Bertz CT molecular complexity index is 534. The molecule has 3 N–H and O–H groups in total. The number of carboxylic acids is 1. The van der Waals surface area contributed by atoms with E-state index in [0.29, 0.717) is 5.56 Å². The van der Waals surface area contributed by atoms with E-state index in [1.807, 2.05) is 0 Å². The Hall–Kier alpha value is -2.08. The molecule has 0 radical (unpaired) electrons. The Morgan fingerprint density at radius 1 is 1.24 bits per heavy atom. The maximum Gasteiger partial charge on any atom is 0.330 e. The van der Waals surface area contributed by atoms with Crippen molar-refractivity contribution in [3.63, 3.8) is 0 Å². The molecule has 2 amide bonds. The Morgan fingerprint density at radius 2 is 2.00 bits per heavy atom. The van der Waals surface area contributed by atoms with E-state index in [4.69, 9.17) is 4.74 Å². The summed E-state index contributed by atoms with van der Waals surface area (Å²) in [6.45, 7) is 0. The van der Waals surface area contributed by atoms with Crippen molar-refractivity contribution in [2.75, 3.05) is 0 Å². The zero-order chi connectivity index (χ0) is 14.8. The third kappa shape index (κ3) is 3.00. The highest BCUT2D eigenvalue weighted by molar-refractivity contribution is 5.83. The van der Waals surface area contributed by atoms with Crippen LogP contribution in [-0.4, -0.2) is 35.4 Å². The van der Waals surface area contributed by atoms with Crippen LogP contribution in [0.15, 0.2) is 30.3 Å². The molecule has 4 unspecified atom stereocenters. The van der Waals surface area contributed by atoms with Gasteiger partial charge < -0.3 is 20.5 Å². The SMILES string of the molecule is O=C(NC(C(=O)O)c1ccccc1)NC1CC2CCC1O2. The van der Waals surface area contributed by atoms with Gasteiger partial charge in [-0.15, -0.1) is 0 Å². The topological polar surface area (TPSA) is 87.7 Å².